The molecule has 12 heteroatoms. The number of nitrogens with zero attached hydrogens (tertiary/aromatic N) is 3. The molecule has 0 N–H and O–H groups in total. The number of aromatic nitrogens is 3. The van der Waals surface area contributed by atoms with E-state index in [0.717, 1.165) is 43.6 Å². The molecular formula is C32H30F3N3O5S. The minimum Gasteiger partial charge on any atom is -0.465 e. The molecule has 3 fully saturated rings. The van der Waals surface area contributed by atoms with Crippen molar-refractivity contribution in [2.45, 2.75) is 73.8 Å². The molecule has 0 radical (unpaired) electrons. The van der Waals surface area contributed by atoms with Crippen molar-refractivity contribution in [3.8, 4) is 17.0 Å². The van der Waals surface area contributed by atoms with Crippen LogP contribution in [0.5, 0.6) is 5.75 Å². The van der Waals surface area contributed by atoms with E-state index >= 15 is 0 Å². The van der Waals surface area contributed by atoms with Gasteiger partial charge in [-0.3, -0.25) is 4.98 Å². The van der Waals surface area contributed by atoms with Crippen LogP contribution in [0.3, 0.4) is 0 Å². The van der Waals surface area contributed by atoms with Gasteiger partial charge in [0.2, 0.25) is 0 Å². The van der Waals surface area contributed by atoms with E-state index in [9.17, 15) is 18.0 Å². The van der Waals surface area contributed by atoms with Gasteiger partial charge in [-0.05, 0) is 74.6 Å². The zero-order valence-electron chi connectivity index (χ0n) is 23.9. The number of hydrogen-bond acceptors (Lipinski definition) is 9. The first kappa shape index (κ1) is 29.1. The summed E-state index contributed by atoms with van der Waals surface area (Å²) < 4.78 is 60.8. The van der Waals surface area contributed by atoms with Gasteiger partial charge in [-0.25, -0.2) is 9.78 Å². The standard InChI is InChI=1S/C32H30F3N3O5S/c1-40-31(39)22-6-4-7-24-28(22)36-15-26(37-24)44-30-18-11-12-19(30)14-20(13-18)41-16-23-27(38-43-29(23)17-9-10-17)21-5-2-3-8-25(21)42-32(33,34)35/h2-8,15,17-20,30H,9-14,16H2,1H3/t18-,19+,20-,30+. The lowest BCUT2D eigenvalue weighted by Gasteiger charge is -2.34. The Morgan fingerprint density at radius 2 is 1.82 bits per heavy atom. The monoisotopic (exact) mass is 625 g/mol. The maximum atomic E-state index is 13.1. The molecule has 0 aliphatic heterocycles. The van der Waals surface area contributed by atoms with Crippen LogP contribution < -0.4 is 4.74 Å². The molecule has 0 saturated heterocycles. The molecule has 3 saturated carbocycles. The summed E-state index contributed by atoms with van der Waals surface area (Å²) in [5.41, 5.74) is 2.84. The van der Waals surface area contributed by atoms with Gasteiger partial charge in [0.05, 0.1) is 37.1 Å². The van der Waals surface area contributed by atoms with Crippen LogP contribution in [0.15, 0.2) is 58.2 Å². The number of esters is 1. The molecule has 0 unspecified atom stereocenters. The molecule has 2 aromatic carbocycles. The number of fused-ring (bicyclic) bond motifs is 3. The summed E-state index contributed by atoms with van der Waals surface area (Å²) in [6.45, 7) is 0.214. The average Bonchev–Trinajstić information content (AvgIpc) is 3.73. The number of methoxy groups -OCH3 is 1. The number of carbonyl (C=O) groups excluding carboxylic acids is 1. The van der Waals surface area contributed by atoms with E-state index < -0.39 is 12.3 Å². The van der Waals surface area contributed by atoms with Crippen LogP contribution >= 0.6 is 11.8 Å². The van der Waals surface area contributed by atoms with Crippen molar-refractivity contribution in [1.82, 2.24) is 15.1 Å². The molecule has 8 nitrogen and oxygen atoms in total. The van der Waals surface area contributed by atoms with Gasteiger partial charge in [-0.15, -0.1) is 24.9 Å². The van der Waals surface area contributed by atoms with Crippen molar-refractivity contribution < 1.29 is 36.7 Å². The third kappa shape index (κ3) is 5.89. The predicted octanol–water partition coefficient (Wildman–Crippen LogP) is 7.71. The fourth-order valence-electron chi connectivity index (χ4n) is 6.66. The van der Waals surface area contributed by atoms with Crippen LogP contribution in [0.4, 0.5) is 13.2 Å². The molecule has 7 rings (SSSR count). The highest BCUT2D eigenvalue weighted by molar-refractivity contribution is 7.99. The van der Waals surface area contributed by atoms with E-state index in [1.807, 2.05) is 6.07 Å². The van der Waals surface area contributed by atoms with Crippen molar-refractivity contribution in [2.75, 3.05) is 7.11 Å². The molecule has 4 aromatic rings. The number of carbonyl (C=O) groups is 1. The summed E-state index contributed by atoms with van der Waals surface area (Å²) in [6, 6.07) is 11.3. The first-order chi connectivity index (χ1) is 21.3. The smallest absolute Gasteiger partial charge is 0.465 e. The summed E-state index contributed by atoms with van der Waals surface area (Å²) in [4.78, 5) is 21.5. The maximum Gasteiger partial charge on any atom is 0.573 e. The Bertz CT molecular complexity index is 1680. The lowest BCUT2D eigenvalue weighted by Crippen LogP contribution is -2.32. The number of hydrogen-bond donors (Lipinski definition) is 0. The highest BCUT2D eigenvalue weighted by Gasteiger charge is 2.44. The van der Waals surface area contributed by atoms with Crippen molar-refractivity contribution in [1.29, 1.82) is 0 Å². The van der Waals surface area contributed by atoms with E-state index in [0.29, 0.717) is 50.7 Å². The molecule has 4 atom stereocenters. The SMILES string of the molecule is COC(=O)c1cccc2nc(S[C@H]3[C@@H]4CC[C@H]3C[C@H](OCc3c(-c5ccccc5OC(F)(F)F)noc3C3CC3)C4)cnc12. The van der Waals surface area contributed by atoms with Gasteiger partial charge in [0, 0.05) is 22.3 Å². The topological polar surface area (TPSA) is 96.6 Å². The van der Waals surface area contributed by atoms with Crippen LogP contribution in [0.1, 0.15) is 66.1 Å². The number of para-hydroxylation sites is 2. The Morgan fingerprint density at radius 1 is 1.05 bits per heavy atom. The normalized spacial score (nSPS) is 23.2. The highest BCUT2D eigenvalue weighted by atomic mass is 32.2. The number of ether oxygens (including phenoxy) is 3. The van der Waals surface area contributed by atoms with Crippen molar-refractivity contribution in [2.24, 2.45) is 11.8 Å². The maximum absolute atomic E-state index is 13.1. The fourth-order valence-corrected chi connectivity index (χ4v) is 8.08. The number of thioether (sulfide) groups is 1. The molecule has 3 aliphatic rings. The van der Waals surface area contributed by atoms with Gasteiger partial charge in [-0.2, -0.15) is 0 Å². The molecular weight excluding hydrogens is 595 g/mol. The molecule has 44 heavy (non-hydrogen) atoms. The van der Waals surface area contributed by atoms with Gasteiger partial charge in [0.15, 0.2) is 0 Å². The number of rotatable bonds is 9. The van der Waals surface area contributed by atoms with Crippen molar-refractivity contribution in [3.63, 3.8) is 0 Å². The lowest BCUT2D eigenvalue weighted by atomic mass is 9.86. The van der Waals surface area contributed by atoms with E-state index in [4.69, 9.17) is 19.0 Å². The lowest BCUT2D eigenvalue weighted by molar-refractivity contribution is -0.274. The quantitative estimate of drug-likeness (QED) is 0.173. The molecule has 230 valence electrons. The van der Waals surface area contributed by atoms with Gasteiger partial charge >= 0.3 is 12.3 Å². The minimum absolute atomic E-state index is 0.0196. The third-order valence-electron chi connectivity index (χ3n) is 8.78. The van der Waals surface area contributed by atoms with Crippen molar-refractivity contribution in [3.05, 3.63) is 65.5 Å². The number of halogens is 3. The highest BCUT2D eigenvalue weighted by Crippen LogP contribution is 2.51. The summed E-state index contributed by atoms with van der Waals surface area (Å²) in [6.07, 6.45) is 2.81. The Morgan fingerprint density at radius 3 is 2.55 bits per heavy atom. The second kappa shape index (κ2) is 11.7. The Hall–Kier alpha value is -3.64. The molecule has 0 spiro atoms. The molecule has 0 amide bonds. The zero-order chi connectivity index (χ0) is 30.4. The summed E-state index contributed by atoms with van der Waals surface area (Å²) in [5, 5.41) is 5.40. The first-order valence-corrected chi connectivity index (χ1v) is 15.6. The average molecular weight is 626 g/mol. The van der Waals surface area contributed by atoms with Gasteiger partial charge in [-0.1, -0.05) is 23.4 Å². The van der Waals surface area contributed by atoms with Gasteiger partial charge < -0.3 is 18.7 Å². The second-order valence-corrected chi connectivity index (χ2v) is 12.8. The number of alkyl halides is 3. The molecule has 2 heterocycles. The van der Waals surface area contributed by atoms with Crippen LogP contribution in [0.25, 0.3) is 22.3 Å². The van der Waals surface area contributed by atoms with E-state index in [2.05, 4.69) is 14.9 Å². The predicted molar refractivity (Wildman–Crippen MR) is 155 cm³/mol. The fraction of sp³-hybridized carbons (Fsp3) is 0.438. The number of benzene rings is 2. The second-order valence-electron chi connectivity index (χ2n) is 11.6. The largest absolute Gasteiger partial charge is 0.573 e. The van der Waals surface area contributed by atoms with Crippen LogP contribution in [0.2, 0.25) is 0 Å². The van der Waals surface area contributed by atoms with Crippen LogP contribution in [-0.4, -0.2) is 45.9 Å². The van der Waals surface area contributed by atoms with E-state index in [-0.39, 0.29) is 29.9 Å². The molecule has 2 aromatic heterocycles. The van der Waals surface area contributed by atoms with Crippen LogP contribution in [-0.2, 0) is 16.1 Å². The van der Waals surface area contributed by atoms with Gasteiger partial charge in [0.1, 0.15) is 27.7 Å². The zero-order valence-corrected chi connectivity index (χ0v) is 24.7. The molecule has 2 bridgehead atoms. The molecule has 3 aliphatic carbocycles. The Kier molecular flexibility index (Phi) is 7.74. The summed E-state index contributed by atoms with van der Waals surface area (Å²) in [7, 11) is 1.35. The Balaban J connectivity index is 1.05. The first-order valence-electron chi connectivity index (χ1n) is 14.7. The summed E-state index contributed by atoms with van der Waals surface area (Å²) >= 11 is 1.74. The van der Waals surface area contributed by atoms with Crippen molar-refractivity contribution >= 4 is 28.8 Å². The van der Waals surface area contributed by atoms with E-state index in [1.165, 1.54) is 19.2 Å². The third-order valence-corrected chi connectivity index (χ3v) is 10.3. The summed E-state index contributed by atoms with van der Waals surface area (Å²) in [5.74, 6) is 1.02. The van der Waals surface area contributed by atoms with E-state index in [1.54, 1.807) is 42.2 Å². The van der Waals surface area contributed by atoms with Crippen LogP contribution in [0, 0.1) is 11.8 Å². The van der Waals surface area contributed by atoms with Gasteiger partial charge in [0.25, 0.3) is 0 Å². The minimum atomic E-state index is -4.82. The Labute approximate surface area is 255 Å².